The van der Waals surface area contributed by atoms with Crippen molar-refractivity contribution in [2.75, 3.05) is 31.1 Å². The molecule has 2 aromatic carbocycles. The SMILES string of the molecule is O=C(N1CCC(c2ccccc2F)C1)N1CCOc2ccccc21. The van der Waals surface area contributed by atoms with E-state index in [-0.39, 0.29) is 17.8 Å². The zero-order chi connectivity index (χ0) is 16.5. The summed E-state index contributed by atoms with van der Waals surface area (Å²) in [7, 11) is 0. The molecule has 4 rings (SSSR count). The average Bonchev–Trinajstić information content (AvgIpc) is 3.11. The predicted molar refractivity (Wildman–Crippen MR) is 90.0 cm³/mol. The Morgan fingerprint density at radius 1 is 1.08 bits per heavy atom. The van der Waals surface area contributed by atoms with Gasteiger partial charge in [0.05, 0.1) is 12.2 Å². The first kappa shape index (κ1) is 15.0. The number of anilines is 1. The molecule has 2 aromatic rings. The lowest BCUT2D eigenvalue weighted by Crippen LogP contribution is -2.45. The number of para-hydroxylation sites is 2. The Balaban J connectivity index is 1.52. The molecule has 2 amide bonds. The molecule has 2 aliphatic heterocycles. The number of carbonyl (C=O) groups excluding carboxylic acids is 1. The number of fused-ring (bicyclic) bond motifs is 1. The molecule has 1 unspecified atom stereocenters. The second-order valence-electron chi connectivity index (χ2n) is 6.20. The van der Waals surface area contributed by atoms with E-state index in [4.69, 9.17) is 4.74 Å². The van der Waals surface area contributed by atoms with E-state index in [9.17, 15) is 9.18 Å². The van der Waals surface area contributed by atoms with Crippen LogP contribution in [-0.4, -0.2) is 37.2 Å². The van der Waals surface area contributed by atoms with Crippen LogP contribution in [0.5, 0.6) is 5.75 Å². The molecule has 2 aliphatic rings. The smallest absolute Gasteiger partial charge is 0.324 e. The Labute approximate surface area is 140 Å². The molecule has 5 heteroatoms. The highest BCUT2D eigenvalue weighted by Crippen LogP contribution is 2.34. The molecule has 0 spiro atoms. The lowest BCUT2D eigenvalue weighted by Gasteiger charge is -2.32. The van der Waals surface area contributed by atoms with Gasteiger partial charge in [0.2, 0.25) is 0 Å². The number of urea groups is 1. The van der Waals surface area contributed by atoms with Crippen molar-refractivity contribution >= 4 is 11.7 Å². The summed E-state index contributed by atoms with van der Waals surface area (Å²) in [5.41, 5.74) is 1.51. The van der Waals surface area contributed by atoms with Gasteiger partial charge < -0.3 is 9.64 Å². The van der Waals surface area contributed by atoms with Crippen molar-refractivity contribution in [2.24, 2.45) is 0 Å². The zero-order valence-corrected chi connectivity index (χ0v) is 13.3. The maximum Gasteiger partial charge on any atom is 0.324 e. The molecule has 0 saturated carbocycles. The normalized spacial score (nSPS) is 19.8. The number of likely N-dealkylation sites (tertiary alicyclic amines) is 1. The molecule has 0 aromatic heterocycles. The summed E-state index contributed by atoms with van der Waals surface area (Å²) in [4.78, 5) is 16.5. The molecule has 0 radical (unpaired) electrons. The second kappa shape index (κ2) is 6.15. The van der Waals surface area contributed by atoms with E-state index in [1.807, 2.05) is 41.3 Å². The lowest BCUT2D eigenvalue weighted by molar-refractivity contribution is 0.209. The number of carbonyl (C=O) groups is 1. The minimum absolute atomic E-state index is 0.0235. The summed E-state index contributed by atoms with van der Waals surface area (Å²) in [6.07, 6.45) is 0.790. The van der Waals surface area contributed by atoms with Crippen molar-refractivity contribution in [3.8, 4) is 5.75 Å². The molecular formula is C19H19FN2O2. The van der Waals surface area contributed by atoms with Gasteiger partial charge in [0, 0.05) is 19.0 Å². The summed E-state index contributed by atoms with van der Waals surface area (Å²) in [6.45, 7) is 2.24. The Bertz CT molecular complexity index is 765. The number of ether oxygens (including phenoxy) is 1. The number of hydrogen-bond donors (Lipinski definition) is 0. The summed E-state index contributed by atoms with van der Waals surface area (Å²) in [5.74, 6) is 0.613. The van der Waals surface area contributed by atoms with Crippen molar-refractivity contribution in [3.05, 3.63) is 59.9 Å². The van der Waals surface area contributed by atoms with Gasteiger partial charge in [-0.15, -0.1) is 0 Å². The van der Waals surface area contributed by atoms with Gasteiger partial charge in [-0.1, -0.05) is 30.3 Å². The number of rotatable bonds is 1. The molecule has 1 fully saturated rings. The first-order valence-corrected chi connectivity index (χ1v) is 8.27. The fourth-order valence-corrected chi connectivity index (χ4v) is 3.53. The molecule has 0 bridgehead atoms. The average molecular weight is 326 g/mol. The molecule has 4 nitrogen and oxygen atoms in total. The lowest BCUT2D eigenvalue weighted by atomic mass is 9.98. The van der Waals surface area contributed by atoms with Crippen molar-refractivity contribution in [1.29, 1.82) is 0 Å². The summed E-state index contributed by atoms with van der Waals surface area (Å²) < 4.78 is 19.6. The van der Waals surface area contributed by atoms with Crippen LogP contribution in [0.4, 0.5) is 14.9 Å². The monoisotopic (exact) mass is 326 g/mol. The Morgan fingerprint density at radius 3 is 2.75 bits per heavy atom. The number of benzene rings is 2. The molecule has 2 heterocycles. The van der Waals surface area contributed by atoms with Crippen LogP contribution in [0, 0.1) is 5.82 Å². The van der Waals surface area contributed by atoms with Gasteiger partial charge >= 0.3 is 6.03 Å². The van der Waals surface area contributed by atoms with E-state index in [1.54, 1.807) is 11.0 Å². The van der Waals surface area contributed by atoms with E-state index in [2.05, 4.69) is 0 Å². The van der Waals surface area contributed by atoms with Crippen LogP contribution in [-0.2, 0) is 0 Å². The Kier molecular flexibility index (Phi) is 3.84. The molecule has 1 atom stereocenters. The van der Waals surface area contributed by atoms with Crippen LogP contribution in [0.2, 0.25) is 0 Å². The van der Waals surface area contributed by atoms with E-state index >= 15 is 0 Å². The summed E-state index contributed by atoms with van der Waals surface area (Å²) in [5, 5.41) is 0. The van der Waals surface area contributed by atoms with E-state index in [0.29, 0.717) is 31.8 Å². The van der Waals surface area contributed by atoms with Crippen molar-refractivity contribution < 1.29 is 13.9 Å². The Morgan fingerprint density at radius 2 is 1.88 bits per heavy atom. The topological polar surface area (TPSA) is 32.8 Å². The Hall–Kier alpha value is -2.56. The second-order valence-corrected chi connectivity index (χ2v) is 6.20. The number of hydrogen-bond acceptors (Lipinski definition) is 2. The standard InChI is InChI=1S/C19H19FN2O2/c20-16-6-2-1-5-15(16)14-9-10-21(13-14)19(23)22-11-12-24-18-8-4-3-7-17(18)22/h1-8,14H,9-13H2. The van der Waals surface area contributed by atoms with Gasteiger partial charge in [0.1, 0.15) is 18.2 Å². The van der Waals surface area contributed by atoms with Gasteiger partial charge in [0.15, 0.2) is 0 Å². The minimum Gasteiger partial charge on any atom is -0.490 e. The first-order valence-electron chi connectivity index (χ1n) is 8.27. The third-order valence-electron chi connectivity index (χ3n) is 4.76. The molecule has 0 N–H and O–H groups in total. The molecular weight excluding hydrogens is 307 g/mol. The number of halogens is 1. The maximum atomic E-state index is 14.0. The van der Waals surface area contributed by atoms with Gasteiger partial charge in [-0.25, -0.2) is 9.18 Å². The zero-order valence-electron chi connectivity index (χ0n) is 13.3. The van der Waals surface area contributed by atoms with Gasteiger partial charge in [-0.3, -0.25) is 4.90 Å². The third kappa shape index (κ3) is 2.60. The van der Waals surface area contributed by atoms with Crippen LogP contribution < -0.4 is 9.64 Å². The van der Waals surface area contributed by atoms with Crippen molar-refractivity contribution in [3.63, 3.8) is 0 Å². The highest BCUT2D eigenvalue weighted by molar-refractivity contribution is 5.94. The van der Waals surface area contributed by atoms with E-state index in [0.717, 1.165) is 17.9 Å². The third-order valence-corrected chi connectivity index (χ3v) is 4.76. The van der Waals surface area contributed by atoms with Gasteiger partial charge in [-0.05, 0) is 30.2 Å². The van der Waals surface area contributed by atoms with Crippen LogP contribution in [0.1, 0.15) is 17.9 Å². The number of amides is 2. The minimum atomic E-state index is -0.187. The molecule has 124 valence electrons. The van der Waals surface area contributed by atoms with Crippen LogP contribution in [0.25, 0.3) is 0 Å². The highest BCUT2D eigenvalue weighted by Gasteiger charge is 2.33. The molecule has 0 aliphatic carbocycles. The summed E-state index contributed by atoms with van der Waals surface area (Å²) in [6, 6.07) is 14.4. The molecule has 24 heavy (non-hydrogen) atoms. The van der Waals surface area contributed by atoms with Crippen LogP contribution in [0.3, 0.4) is 0 Å². The fraction of sp³-hybridized carbons (Fsp3) is 0.316. The predicted octanol–water partition coefficient (Wildman–Crippen LogP) is 3.63. The van der Waals surface area contributed by atoms with Crippen molar-refractivity contribution in [1.82, 2.24) is 4.90 Å². The largest absolute Gasteiger partial charge is 0.490 e. The molecule has 1 saturated heterocycles. The number of nitrogens with zero attached hydrogens (tertiary/aromatic N) is 2. The van der Waals surface area contributed by atoms with Crippen LogP contribution >= 0.6 is 0 Å². The van der Waals surface area contributed by atoms with E-state index in [1.165, 1.54) is 6.07 Å². The van der Waals surface area contributed by atoms with Gasteiger partial charge in [0.25, 0.3) is 0 Å². The first-order chi connectivity index (χ1) is 11.7. The van der Waals surface area contributed by atoms with E-state index < -0.39 is 0 Å². The van der Waals surface area contributed by atoms with Gasteiger partial charge in [-0.2, -0.15) is 0 Å². The summed E-state index contributed by atoms with van der Waals surface area (Å²) >= 11 is 0. The maximum absolute atomic E-state index is 14.0. The fourth-order valence-electron chi connectivity index (χ4n) is 3.53. The highest BCUT2D eigenvalue weighted by atomic mass is 19.1. The van der Waals surface area contributed by atoms with Crippen molar-refractivity contribution in [2.45, 2.75) is 12.3 Å². The van der Waals surface area contributed by atoms with Crippen LogP contribution in [0.15, 0.2) is 48.5 Å². The quantitative estimate of drug-likeness (QED) is 0.801.